The van der Waals surface area contributed by atoms with E-state index in [2.05, 4.69) is 22.9 Å². The molecule has 17 heavy (non-hydrogen) atoms. The number of benzene rings is 1. The molecule has 0 saturated heterocycles. The molecule has 2 rings (SSSR count). The third-order valence-corrected chi connectivity index (χ3v) is 2.51. The minimum atomic E-state index is 0.559. The number of nitriles is 1. The molecule has 84 valence electrons. The van der Waals surface area contributed by atoms with Crippen LogP contribution in [-0.2, 0) is 0 Å². The minimum Gasteiger partial charge on any atom is -0.365 e. The average molecular weight is 223 g/mol. The van der Waals surface area contributed by atoms with Crippen LogP contribution in [0.3, 0.4) is 0 Å². The summed E-state index contributed by atoms with van der Waals surface area (Å²) in [4.78, 5) is 4.46. The van der Waals surface area contributed by atoms with E-state index in [0.29, 0.717) is 17.9 Å². The van der Waals surface area contributed by atoms with Gasteiger partial charge in [-0.15, -0.1) is 6.58 Å². The molecule has 1 heterocycles. The van der Waals surface area contributed by atoms with Crippen LogP contribution in [0.1, 0.15) is 11.1 Å². The first-order chi connectivity index (χ1) is 8.24. The van der Waals surface area contributed by atoms with Gasteiger partial charge in [0.15, 0.2) is 0 Å². The molecule has 0 amide bonds. The molecule has 0 aliphatic carbocycles. The van der Waals surface area contributed by atoms with Crippen LogP contribution >= 0.6 is 0 Å². The fourth-order valence-electron chi connectivity index (χ4n) is 1.67. The maximum Gasteiger partial charge on any atom is 0.144 e. The van der Waals surface area contributed by atoms with E-state index in [1.54, 1.807) is 6.08 Å². The maximum atomic E-state index is 9.08. The predicted molar refractivity (Wildman–Crippen MR) is 69.9 cm³/mol. The van der Waals surface area contributed by atoms with Crippen LogP contribution in [0, 0.1) is 18.3 Å². The van der Waals surface area contributed by atoms with Crippen molar-refractivity contribution in [2.75, 3.05) is 11.9 Å². The normalized spacial score (nSPS) is 9.88. The van der Waals surface area contributed by atoms with Gasteiger partial charge in [0.05, 0.1) is 11.1 Å². The third kappa shape index (κ3) is 2.26. The molecule has 0 bridgehead atoms. The van der Waals surface area contributed by atoms with Crippen molar-refractivity contribution in [3.05, 3.63) is 48.0 Å². The smallest absolute Gasteiger partial charge is 0.144 e. The van der Waals surface area contributed by atoms with Crippen LogP contribution in [0.2, 0.25) is 0 Å². The molecule has 0 saturated carbocycles. The summed E-state index contributed by atoms with van der Waals surface area (Å²) < 4.78 is 0. The Kier molecular flexibility index (Phi) is 3.06. The van der Waals surface area contributed by atoms with E-state index in [1.807, 2.05) is 31.2 Å². The number of rotatable bonds is 3. The van der Waals surface area contributed by atoms with E-state index in [1.165, 1.54) is 0 Å². The highest BCUT2D eigenvalue weighted by molar-refractivity contribution is 5.83. The van der Waals surface area contributed by atoms with E-state index >= 15 is 0 Å². The Morgan fingerprint density at radius 2 is 2.29 bits per heavy atom. The lowest BCUT2D eigenvalue weighted by atomic mass is 10.1. The van der Waals surface area contributed by atoms with Gasteiger partial charge in [0, 0.05) is 11.9 Å². The second kappa shape index (κ2) is 4.67. The van der Waals surface area contributed by atoms with Crippen molar-refractivity contribution in [2.24, 2.45) is 0 Å². The van der Waals surface area contributed by atoms with Crippen LogP contribution in [-0.4, -0.2) is 11.5 Å². The number of nitrogens with one attached hydrogen (secondary N) is 1. The van der Waals surface area contributed by atoms with Crippen LogP contribution in [0.4, 0.5) is 5.82 Å². The number of nitrogens with zero attached hydrogens (tertiary/aromatic N) is 2. The summed E-state index contributed by atoms with van der Waals surface area (Å²) in [5, 5.41) is 13.1. The maximum absolute atomic E-state index is 9.08. The lowest BCUT2D eigenvalue weighted by Crippen LogP contribution is -2.03. The van der Waals surface area contributed by atoms with Gasteiger partial charge >= 0.3 is 0 Å². The molecule has 0 spiro atoms. The molecular formula is C14H13N3. The van der Waals surface area contributed by atoms with E-state index in [0.717, 1.165) is 16.5 Å². The van der Waals surface area contributed by atoms with E-state index in [9.17, 15) is 0 Å². The van der Waals surface area contributed by atoms with Crippen molar-refractivity contribution in [1.29, 1.82) is 5.26 Å². The standard InChI is InChI=1S/C14H13N3/c1-3-6-16-14-12(9-15)8-11-5-4-10(2)7-13(11)17-14/h3-5,7-8H,1,6H2,2H3,(H,16,17). The molecule has 0 radical (unpaired) electrons. The van der Waals surface area contributed by atoms with E-state index in [-0.39, 0.29) is 0 Å². The van der Waals surface area contributed by atoms with E-state index in [4.69, 9.17) is 5.26 Å². The molecule has 0 fully saturated rings. The summed E-state index contributed by atoms with van der Waals surface area (Å²) in [5.74, 6) is 0.616. The van der Waals surface area contributed by atoms with Gasteiger partial charge < -0.3 is 5.32 Å². The van der Waals surface area contributed by atoms with Crippen molar-refractivity contribution in [3.63, 3.8) is 0 Å². The summed E-state index contributed by atoms with van der Waals surface area (Å²) in [7, 11) is 0. The topological polar surface area (TPSA) is 48.7 Å². The molecule has 0 atom stereocenters. The Hall–Kier alpha value is -2.34. The molecule has 0 unspecified atom stereocenters. The van der Waals surface area contributed by atoms with E-state index < -0.39 is 0 Å². The first-order valence-corrected chi connectivity index (χ1v) is 5.41. The number of aromatic nitrogens is 1. The molecule has 3 nitrogen and oxygen atoms in total. The monoisotopic (exact) mass is 223 g/mol. The second-order valence-corrected chi connectivity index (χ2v) is 3.86. The summed E-state index contributed by atoms with van der Waals surface area (Å²) in [5.41, 5.74) is 2.61. The Balaban J connectivity index is 2.57. The lowest BCUT2D eigenvalue weighted by molar-refractivity contribution is 1.25. The molecule has 1 aromatic heterocycles. The molecule has 1 N–H and O–H groups in total. The SMILES string of the molecule is C=CCNc1nc2cc(C)ccc2cc1C#N. The van der Waals surface area contributed by atoms with Gasteiger partial charge in [0.2, 0.25) is 0 Å². The number of anilines is 1. The fraction of sp³-hybridized carbons (Fsp3) is 0.143. The van der Waals surface area contributed by atoms with Crippen molar-refractivity contribution in [2.45, 2.75) is 6.92 Å². The fourth-order valence-corrected chi connectivity index (χ4v) is 1.67. The Bertz CT molecular complexity index is 609. The van der Waals surface area contributed by atoms with Crippen LogP contribution < -0.4 is 5.32 Å². The van der Waals surface area contributed by atoms with Gasteiger partial charge in [-0.2, -0.15) is 5.26 Å². The highest BCUT2D eigenvalue weighted by atomic mass is 15.0. The Morgan fingerprint density at radius 3 is 3.00 bits per heavy atom. The van der Waals surface area contributed by atoms with Crippen LogP contribution in [0.5, 0.6) is 0 Å². The lowest BCUT2D eigenvalue weighted by Gasteiger charge is -2.07. The summed E-state index contributed by atoms with van der Waals surface area (Å²) >= 11 is 0. The molecular weight excluding hydrogens is 210 g/mol. The Labute approximate surface area is 100 Å². The predicted octanol–water partition coefficient (Wildman–Crippen LogP) is 3.01. The first kappa shape index (κ1) is 11.2. The molecule has 3 heteroatoms. The van der Waals surface area contributed by atoms with Crippen molar-refractivity contribution in [3.8, 4) is 6.07 Å². The zero-order valence-electron chi connectivity index (χ0n) is 9.70. The number of pyridine rings is 1. The van der Waals surface area contributed by atoms with Gasteiger partial charge in [-0.25, -0.2) is 4.98 Å². The largest absolute Gasteiger partial charge is 0.365 e. The van der Waals surface area contributed by atoms with Crippen LogP contribution in [0.25, 0.3) is 10.9 Å². The molecule has 2 aromatic rings. The zero-order valence-corrected chi connectivity index (χ0v) is 9.70. The first-order valence-electron chi connectivity index (χ1n) is 5.41. The molecule has 0 aliphatic heterocycles. The molecule has 0 aliphatic rings. The van der Waals surface area contributed by atoms with Gasteiger partial charge in [0.1, 0.15) is 11.9 Å². The number of hydrogen-bond donors (Lipinski definition) is 1. The van der Waals surface area contributed by atoms with Gasteiger partial charge in [-0.05, 0) is 24.6 Å². The highest BCUT2D eigenvalue weighted by Crippen LogP contribution is 2.20. The summed E-state index contributed by atoms with van der Waals surface area (Å²) in [6.45, 7) is 6.25. The van der Waals surface area contributed by atoms with Gasteiger partial charge in [-0.1, -0.05) is 18.2 Å². The van der Waals surface area contributed by atoms with Crippen molar-refractivity contribution >= 4 is 16.7 Å². The zero-order chi connectivity index (χ0) is 12.3. The molecule has 1 aromatic carbocycles. The van der Waals surface area contributed by atoms with Crippen LogP contribution in [0.15, 0.2) is 36.9 Å². The number of aryl methyl sites for hydroxylation is 1. The number of fused-ring (bicyclic) bond motifs is 1. The third-order valence-electron chi connectivity index (χ3n) is 2.51. The van der Waals surface area contributed by atoms with Crippen molar-refractivity contribution in [1.82, 2.24) is 4.98 Å². The van der Waals surface area contributed by atoms with Gasteiger partial charge in [0.25, 0.3) is 0 Å². The Morgan fingerprint density at radius 1 is 1.47 bits per heavy atom. The van der Waals surface area contributed by atoms with Gasteiger partial charge in [-0.3, -0.25) is 0 Å². The minimum absolute atomic E-state index is 0.559. The average Bonchev–Trinajstić information content (AvgIpc) is 2.35. The highest BCUT2D eigenvalue weighted by Gasteiger charge is 2.05. The quantitative estimate of drug-likeness (QED) is 0.814. The van der Waals surface area contributed by atoms with Crippen molar-refractivity contribution < 1.29 is 0 Å². The summed E-state index contributed by atoms with van der Waals surface area (Å²) in [6, 6.07) is 10.0. The number of hydrogen-bond acceptors (Lipinski definition) is 3. The second-order valence-electron chi connectivity index (χ2n) is 3.86. The summed E-state index contributed by atoms with van der Waals surface area (Å²) in [6.07, 6.45) is 1.74.